The molecule has 5 nitrogen and oxygen atoms in total. The van der Waals surface area contributed by atoms with Crippen LogP contribution in [-0.4, -0.2) is 22.1 Å². The van der Waals surface area contributed by atoms with E-state index in [4.69, 9.17) is 17.3 Å². The molecule has 22 heavy (non-hydrogen) atoms. The first-order valence-corrected chi connectivity index (χ1v) is 7.53. The molecule has 1 aromatic carbocycles. The molecule has 110 valence electrons. The van der Waals surface area contributed by atoms with E-state index in [0.717, 1.165) is 15.3 Å². The molecule has 1 fully saturated rings. The largest absolute Gasteiger partial charge is 0.478 e. The van der Waals surface area contributed by atoms with E-state index in [1.54, 1.807) is 30.3 Å². The topological polar surface area (TPSA) is 78.4 Å². The molecule has 1 saturated heterocycles. The number of nitrogens with one attached hydrogen (secondary N) is 2. The van der Waals surface area contributed by atoms with Crippen LogP contribution in [0.15, 0.2) is 42.1 Å². The van der Waals surface area contributed by atoms with Crippen LogP contribution in [0.1, 0.15) is 15.2 Å². The Morgan fingerprint density at radius 1 is 1.14 bits per heavy atom. The zero-order valence-corrected chi connectivity index (χ0v) is 12.8. The highest BCUT2D eigenvalue weighted by Gasteiger charge is 2.20. The first-order chi connectivity index (χ1) is 10.5. The minimum Gasteiger partial charge on any atom is -0.478 e. The Hall–Kier alpha value is -2.51. The van der Waals surface area contributed by atoms with E-state index >= 15 is 0 Å². The maximum Gasteiger partial charge on any atom is 0.335 e. The number of thiophene rings is 1. The maximum absolute atomic E-state index is 11.6. The van der Waals surface area contributed by atoms with Gasteiger partial charge in [0.25, 0.3) is 5.91 Å². The lowest BCUT2D eigenvalue weighted by Crippen LogP contribution is -2.21. The molecule has 1 aliphatic rings. The van der Waals surface area contributed by atoms with Crippen molar-refractivity contribution in [3.63, 3.8) is 0 Å². The monoisotopic (exact) mass is 330 g/mol. The van der Waals surface area contributed by atoms with Crippen molar-refractivity contribution in [1.29, 1.82) is 0 Å². The lowest BCUT2D eigenvalue weighted by molar-refractivity contribution is -0.115. The smallest absolute Gasteiger partial charge is 0.335 e. The molecular formula is C15H10N2O3S2. The lowest BCUT2D eigenvalue weighted by atomic mass is 10.1. The molecule has 2 aromatic rings. The summed E-state index contributed by atoms with van der Waals surface area (Å²) in [5.41, 5.74) is 1.60. The highest BCUT2D eigenvalue weighted by atomic mass is 32.1. The fourth-order valence-corrected chi connectivity index (χ4v) is 3.15. The molecule has 3 rings (SSSR count). The quantitative estimate of drug-likeness (QED) is 0.595. The van der Waals surface area contributed by atoms with Gasteiger partial charge in [-0.3, -0.25) is 10.1 Å². The Morgan fingerprint density at radius 3 is 2.45 bits per heavy atom. The molecule has 2 heterocycles. The second-order valence-corrected chi connectivity index (χ2v) is 6.07. The zero-order chi connectivity index (χ0) is 15.7. The van der Waals surface area contributed by atoms with Crippen molar-refractivity contribution in [2.24, 2.45) is 0 Å². The molecule has 0 spiro atoms. The van der Waals surface area contributed by atoms with E-state index in [9.17, 15) is 9.59 Å². The summed E-state index contributed by atoms with van der Waals surface area (Å²) in [4.78, 5) is 24.3. The third-order valence-electron chi connectivity index (χ3n) is 3.05. The van der Waals surface area contributed by atoms with Gasteiger partial charge < -0.3 is 10.4 Å². The second kappa shape index (κ2) is 5.70. The number of carbonyl (C=O) groups is 2. The van der Waals surface area contributed by atoms with E-state index in [2.05, 4.69) is 10.6 Å². The van der Waals surface area contributed by atoms with E-state index < -0.39 is 5.97 Å². The number of carbonyl (C=O) groups excluding carboxylic acids is 1. The van der Waals surface area contributed by atoms with Crippen LogP contribution in [0, 0.1) is 0 Å². The van der Waals surface area contributed by atoms with E-state index in [1.807, 2.05) is 12.1 Å². The van der Waals surface area contributed by atoms with Crippen LogP contribution in [0.3, 0.4) is 0 Å². The molecule has 1 aliphatic heterocycles. The number of amides is 1. The summed E-state index contributed by atoms with van der Waals surface area (Å²) in [6.45, 7) is 0. The van der Waals surface area contributed by atoms with Crippen LogP contribution >= 0.6 is 23.6 Å². The maximum atomic E-state index is 11.6. The van der Waals surface area contributed by atoms with Gasteiger partial charge in [0.1, 0.15) is 5.70 Å². The Balaban J connectivity index is 1.85. The van der Waals surface area contributed by atoms with Crippen LogP contribution in [-0.2, 0) is 4.79 Å². The van der Waals surface area contributed by atoms with Gasteiger partial charge in [0, 0.05) is 9.75 Å². The molecule has 7 heteroatoms. The standard InChI is InChI=1S/C15H10N2O3S2/c18-13-11(16-15(21)17-13)7-10-5-6-12(22-10)8-1-3-9(4-2-8)14(19)20/h1-7H,(H,19,20)(H2,16,17,18,21)/b11-7-. The van der Waals surface area contributed by atoms with Gasteiger partial charge in [0.2, 0.25) is 0 Å². The Morgan fingerprint density at radius 2 is 1.86 bits per heavy atom. The molecule has 0 saturated carbocycles. The number of hydrogen-bond donors (Lipinski definition) is 3. The molecular weight excluding hydrogens is 320 g/mol. The summed E-state index contributed by atoms with van der Waals surface area (Å²) >= 11 is 6.38. The average Bonchev–Trinajstić information content (AvgIpc) is 3.06. The number of thiocarbonyl (C=S) groups is 1. The molecule has 0 atom stereocenters. The van der Waals surface area contributed by atoms with E-state index in [1.165, 1.54) is 11.3 Å². The lowest BCUT2D eigenvalue weighted by Gasteiger charge is -1.98. The van der Waals surface area contributed by atoms with Crippen molar-refractivity contribution >= 4 is 46.6 Å². The summed E-state index contributed by atoms with van der Waals surface area (Å²) in [5, 5.41) is 14.5. The highest BCUT2D eigenvalue weighted by molar-refractivity contribution is 7.80. The number of rotatable bonds is 3. The predicted octanol–water partition coefficient (Wildman–Crippen LogP) is 2.46. The third kappa shape index (κ3) is 2.90. The fourth-order valence-electron chi connectivity index (χ4n) is 1.99. The fraction of sp³-hybridized carbons (Fsp3) is 0. The number of benzene rings is 1. The average molecular weight is 330 g/mol. The number of carboxylic acids is 1. The molecule has 0 bridgehead atoms. The van der Waals surface area contributed by atoms with Gasteiger partial charge >= 0.3 is 5.97 Å². The normalized spacial score (nSPS) is 15.7. The van der Waals surface area contributed by atoms with Gasteiger partial charge in [-0.05, 0) is 48.1 Å². The van der Waals surface area contributed by atoms with Crippen molar-refractivity contribution in [3.05, 3.63) is 52.5 Å². The Bertz CT molecular complexity index is 806. The van der Waals surface area contributed by atoms with Crippen LogP contribution < -0.4 is 10.6 Å². The van der Waals surface area contributed by atoms with Gasteiger partial charge in [-0.25, -0.2) is 4.79 Å². The Kier molecular flexibility index (Phi) is 3.74. The van der Waals surface area contributed by atoms with Gasteiger partial charge in [-0.15, -0.1) is 11.3 Å². The van der Waals surface area contributed by atoms with Gasteiger partial charge in [0.05, 0.1) is 5.56 Å². The van der Waals surface area contributed by atoms with Gasteiger partial charge in [-0.1, -0.05) is 12.1 Å². The summed E-state index contributed by atoms with van der Waals surface area (Å²) in [6.07, 6.45) is 1.73. The second-order valence-electron chi connectivity index (χ2n) is 4.55. The summed E-state index contributed by atoms with van der Waals surface area (Å²) in [6, 6.07) is 10.5. The van der Waals surface area contributed by atoms with Crippen LogP contribution in [0.4, 0.5) is 0 Å². The summed E-state index contributed by atoms with van der Waals surface area (Å²) < 4.78 is 0. The molecule has 1 amide bonds. The zero-order valence-electron chi connectivity index (χ0n) is 11.1. The van der Waals surface area contributed by atoms with Gasteiger partial charge in [-0.2, -0.15) is 0 Å². The Labute approximate surface area is 135 Å². The van der Waals surface area contributed by atoms with Crippen molar-refractivity contribution in [3.8, 4) is 10.4 Å². The molecule has 0 radical (unpaired) electrons. The molecule has 3 N–H and O–H groups in total. The first-order valence-electron chi connectivity index (χ1n) is 6.30. The van der Waals surface area contributed by atoms with Crippen molar-refractivity contribution in [1.82, 2.24) is 10.6 Å². The van der Waals surface area contributed by atoms with Crippen LogP contribution in [0.5, 0.6) is 0 Å². The minimum atomic E-state index is -0.947. The predicted molar refractivity (Wildman–Crippen MR) is 88.6 cm³/mol. The number of aromatic carboxylic acids is 1. The molecule has 0 aliphatic carbocycles. The van der Waals surface area contributed by atoms with Crippen molar-refractivity contribution in [2.45, 2.75) is 0 Å². The minimum absolute atomic E-state index is 0.245. The van der Waals surface area contributed by atoms with E-state index in [-0.39, 0.29) is 11.5 Å². The van der Waals surface area contributed by atoms with Crippen LogP contribution in [0.2, 0.25) is 0 Å². The highest BCUT2D eigenvalue weighted by Crippen LogP contribution is 2.29. The summed E-state index contributed by atoms with van der Waals surface area (Å²) in [7, 11) is 0. The molecule has 0 unspecified atom stereocenters. The van der Waals surface area contributed by atoms with Crippen LogP contribution in [0.25, 0.3) is 16.5 Å². The van der Waals surface area contributed by atoms with E-state index in [0.29, 0.717) is 10.8 Å². The number of hydrogen-bond acceptors (Lipinski definition) is 4. The SMILES string of the molecule is O=C1NC(=S)N/C1=C\c1ccc(-c2ccc(C(=O)O)cc2)s1. The number of carboxylic acid groups (broad SMARTS) is 1. The molecule has 1 aromatic heterocycles. The first kappa shape index (κ1) is 14.4. The summed E-state index contributed by atoms with van der Waals surface area (Å²) in [5.74, 6) is -1.19. The third-order valence-corrected chi connectivity index (χ3v) is 4.34. The van der Waals surface area contributed by atoms with Crippen molar-refractivity contribution < 1.29 is 14.7 Å². The van der Waals surface area contributed by atoms with Crippen molar-refractivity contribution in [2.75, 3.05) is 0 Å². The van der Waals surface area contributed by atoms with Gasteiger partial charge in [0.15, 0.2) is 5.11 Å².